The highest BCUT2D eigenvalue weighted by Gasteiger charge is 2.27. The Labute approximate surface area is 184 Å². The van der Waals surface area contributed by atoms with Gasteiger partial charge in [0, 0.05) is 24.0 Å². The van der Waals surface area contributed by atoms with E-state index in [0.717, 1.165) is 36.8 Å². The van der Waals surface area contributed by atoms with Gasteiger partial charge in [0.15, 0.2) is 0 Å². The van der Waals surface area contributed by atoms with Crippen molar-refractivity contribution in [2.24, 2.45) is 0 Å². The van der Waals surface area contributed by atoms with E-state index >= 15 is 0 Å². The van der Waals surface area contributed by atoms with Crippen LogP contribution >= 0.6 is 11.6 Å². The number of nitrogens with zero attached hydrogens (tertiary/aromatic N) is 1. The van der Waals surface area contributed by atoms with Crippen molar-refractivity contribution in [2.45, 2.75) is 70.5 Å². The minimum absolute atomic E-state index is 0.0230. The molecule has 0 radical (unpaired) electrons. The minimum atomic E-state index is -0.533. The van der Waals surface area contributed by atoms with E-state index in [0.29, 0.717) is 24.4 Å². The molecule has 0 heterocycles. The first-order valence-electron chi connectivity index (χ1n) is 10.9. The third-order valence-electron chi connectivity index (χ3n) is 5.83. The molecule has 1 unspecified atom stereocenters. The van der Waals surface area contributed by atoms with E-state index in [1.165, 1.54) is 6.42 Å². The van der Waals surface area contributed by atoms with Crippen LogP contribution in [0.1, 0.15) is 56.6 Å². The number of nitrogens with one attached hydrogen (secondary N) is 1. The third-order valence-corrected chi connectivity index (χ3v) is 6.07. The van der Waals surface area contributed by atoms with Gasteiger partial charge in [0.25, 0.3) is 0 Å². The van der Waals surface area contributed by atoms with Crippen molar-refractivity contribution in [2.75, 3.05) is 0 Å². The number of hydrogen-bond donors (Lipinski definition) is 1. The van der Waals surface area contributed by atoms with Crippen LogP contribution in [0, 0.1) is 0 Å². The molecule has 0 aliphatic heterocycles. The van der Waals surface area contributed by atoms with Crippen LogP contribution in [0.2, 0.25) is 5.02 Å². The van der Waals surface area contributed by atoms with Gasteiger partial charge in [-0.2, -0.15) is 0 Å². The lowest BCUT2D eigenvalue weighted by Gasteiger charge is -2.31. The van der Waals surface area contributed by atoms with Gasteiger partial charge in [-0.1, -0.05) is 73.3 Å². The molecule has 1 atom stereocenters. The SMILES string of the molecule is CC(C(=O)NC1CCCCC1)N(Cc1cccc(Cl)c1)C(=O)CCc1ccccc1. The molecule has 30 heavy (non-hydrogen) atoms. The summed E-state index contributed by atoms with van der Waals surface area (Å²) in [6.07, 6.45) is 6.61. The zero-order valence-electron chi connectivity index (χ0n) is 17.6. The topological polar surface area (TPSA) is 49.4 Å². The highest BCUT2D eigenvalue weighted by molar-refractivity contribution is 6.30. The molecule has 0 aromatic heterocycles. The van der Waals surface area contributed by atoms with Gasteiger partial charge in [-0.25, -0.2) is 0 Å². The Balaban J connectivity index is 1.69. The van der Waals surface area contributed by atoms with Crippen LogP contribution in [0.5, 0.6) is 0 Å². The second kappa shape index (κ2) is 11.2. The van der Waals surface area contributed by atoms with Gasteiger partial charge in [-0.05, 0) is 49.4 Å². The van der Waals surface area contributed by atoms with Gasteiger partial charge in [-0.15, -0.1) is 0 Å². The second-order valence-corrected chi connectivity index (χ2v) is 8.59. The van der Waals surface area contributed by atoms with Crippen molar-refractivity contribution in [1.29, 1.82) is 0 Å². The maximum Gasteiger partial charge on any atom is 0.242 e. The highest BCUT2D eigenvalue weighted by atomic mass is 35.5. The lowest BCUT2D eigenvalue weighted by atomic mass is 9.95. The maximum absolute atomic E-state index is 13.2. The fourth-order valence-corrected chi connectivity index (χ4v) is 4.24. The van der Waals surface area contributed by atoms with Crippen molar-refractivity contribution >= 4 is 23.4 Å². The van der Waals surface area contributed by atoms with Gasteiger partial charge < -0.3 is 10.2 Å². The van der Waals surface area contributed by atoms with Gasteiger partial charge in [0.05, 0.1) is 0 Å². The molecule has 0 bridgehead atoms. The predicted octanol–water partition coefficient (Wildman–Crippen LogP) is 5.14. The average Bonchev–Trinajstić information content (AvgIpc) is 2.77. The Morgan fingerprint density at radius 2 is 1.73 bits per heavy atom. The molecule has 1 fully saturated rings. The summed E-state index contributed by atoms with van der Waals surface area (Å²) in [7, 11) is 0. The molecule has 1 saturated carbocycles. The molecule has 3 rings (SSSR count). The summed E-state index contributed by atoms with van der Waals surface area (Å²) in [5.41, 5.74) is 2.04. The summed E-state index contributed by atoms with van der Waals surface area (Å²) < 4.78 is 0. The Morgan fingerprint density at radius 1 is 1.03 bits per heavy atom. The molecular weight excluding hydrogens is 396 g/mol. The fourth-order valence-electron chi connectivity index (χ4n) is 4.02. The summed E-state index contributed by atoms with van der Waals surface area (Å²) in [6.45, 7) is 2.19. The molecule has 4 nitrogen and oxygen atoms in total. The smallest absolute Gasteiger partial charge is 0.242 e. The predicted molar refractivity (Wildman–Crippen MR) is 121 cm³/mol. The van der Waals surface area contributed by atoms with Crippen LogP contribution in [-0.4, -0.2) is 28.8 Å². The number of carbonyl (C=O) groups excluding carboxylic acids is 2. The highest BCUT2D eigenvalue weighted by Crippen LogP contribution is 2.19. The molecule has 1 aliphatic rings. The largest absolute Gasteiger partial charge is 0.352 e. The first kappa shape index (κ1) is 22.4. The van der Waals surface area contributed by atoms with Crippen molar-refractivity contribution in [3.05, 3.63) is 70.7 Å². The van der Waals surface area contributed by atoms with E-state index in [1.54, 1.807) is 4.90 Å². The number of rotatable bonds is 8. The second-order valence-electron chi connectivity index (χ2n) is 8.16. The minimum Gasteiger partial charge on any atom is -0.352 e. The Hall–Kier alpha value is -2.33. The van der Waals surface area contributed by atoms with Crippen molar-refractivity contribution < 1.29 is 9.59 Å². The number of halogens is 1. The first-order valence-corrected chi connectivity index (χ1v) is 11.3. The molecule has 1 aliphatic carbocycles. The Morgan fingerprint density at radius 3 is 2.43 bits per heavy atom. The summed E-state index contributed by atoms with van der Waals surface area (Å²) >= 11 is 6.14. The van der Waals surface area contributed by atoms with E-state index in [1.807, 2.05) is 61.5 Å². The van der Waals surface area contributed by atoms with Gasteiger partial charge in [-0.3, -0.25) is 9.59 Å². The quantitative estimate of drug-likeness (QED) is 0.635. The third kappa shape index (κ3) is 6.60. The zero-order chi connectivity index (χ0) is 21.3. The summed E-state index contributed by atoms with van der Waals surface area (Å²) in [4.78, 5) is 27.8. The van der Waals surface area contributed by atoms with Crippen LogP contribution in [0.15, 0.2) is 54.6 Å². The van der Waals surface area contributed by atoms with Crippen molar-refractivity contribution in [1.82, 2.24) is 10.2 Å². The zero-order valence-corrected chi connectivity index (χ0v) is 18.4. The lowest BCUT2D eigenvalue weighted by molar-refractivity contribution is -0.141. The van der Waals surface area contributed by atoms with Crippen LogP contribution in [0.4, 0.5) is 0 Å². The van der Waals surface area contributed by atoms with Crippen LogP contribution in [0.25, 0.3) is 0 Å². The molecule has 1 N–H and O–H groups in total. The maximum atomic E-state index is 13.2. The molecule has 2 amide bonds. The van der Waals surface area contributed by atoms with E-state index in [9.17, 15) is 9.59 Å². The normalized spacial score (nSPS) is 15.4. The van der Waals surface area contributed by atoms with Gasteiger partial charge >= 0.3 is 0 Å². The molecule has 5 heteroatoms. The van der Waals surface area contributed by atoms with Crippen LogP contribution in [0.3, 0.4) is 0 Å². The summed E-state index contributed by atoms with van der Waals surface area (Å²) in [6, 6.07) is 17.1. The van der Waals surface area contributed by atoms with Crippen molar-refractivity contribution in [3.63, 3.8) is 0 Å². The summed E-state index contributed by atoms with van der Waals surface area (Å²) in [5, 5.41) is 3.79. The lowest BCUT2D eigenvalue weighted by Crippen LogP contribution is -2.50. The van der Waals surface area contributed by atoms with Crippen LogP contribution in [-0.2, 0) is 22.6 Å². The number of benzene rings is 2. The monoisotopic (exact) mass is 426 g/mol. The molecule has 160 valence electrons. The number of carbonyl (C=O) groups is 2. The number of amides is 2. The van der Waals surface area contributed by atoms with Crippen molar-refractivity contribution in [3.8, 4) is 0 Å². The average molecular weight is 427 g/mol. The fraction of sp³-hybridized carbons (Fsp3) is 0.440. The van der Waals surface area contributed by atoms with E-state index < -0.39 is 6.04 Å². The van der Waals surface area contributed by atoms with E-state index in [-0.39, 0.29) is 17.9 Å². The molecular formula is C25H31ClN2O2. The Bertz CT molecular complexity index is 834. The molecule has 2 aromatic carbocycles. The summed E-state index contributed by atoms with van der Waals surface area (Å²) in [5.74, 6) is -0.0953. The molecule has 2 aromatic rings. The first-order chi connectivity index (χ1) is 14.5. The van der Waals surface area contributed by atoms with Crippen LogP contribution < -0.4 is 5.32 Å². The molecule has 0 spiro atoms. The number of aryl methyl sites for hydroxylation is 1. The van der Waals surface area contributed by atoms with Gasteiger partial charge in [0.1, 0.15) is 6.04 Å². The van der Waals surface area contributed by atoms with E-state index in [2.05, 4.69) is 5.32 Å². The Kier molecular flexibility index (Phi) is 8.32. The van der Waals surface area contributed by atoms with E-state index in [4.69, 9.17) is 11.6 Å². The standard InChI is InChI=1S/C25H31ClN2O2/c1-19(25(30)27-23-13-6-3-7-14-23)28(18-21-11-8-12-22(26)17-21)24(29)16-15-20-9-4-2-5-10-20/h2,4-5,8-12,17,19,23H,3,6-7,13-16,18H2,1H3,(H,27,30). The molecule has 0 saturated heterocycles. The number of hydrogen-bond acceptors (Lipinski definition) is 2. The van der Waals surface area contributed by atoms with Gasteiger partial charge in [0.2, 0.25) is 11.8 Å².